The zero-order chi connectivity index (χ0) is 13.5. The van der Waals surface area contributed by atoms with Gasteiger partial charge in [0, 0.05) is 0 Å². The average Bonchev–Trinajstić information content (AvgIpc) is 2.09. The van der Waals surface area contributed by atoms with Crippen LogP contribution in [-0.4, -0.2) is 44.6 Å². The zero-order valence-electron chi connectivity index (χ0n) is 11.2. The van der Waals surface area contributed by atoms with Crippen molar-refractivity contribution in [2.75, 3.05) is 6.54 Å². The molecule has 0 heterocycles. The topological polar surface area (TPSA) is 50.7 Å². The van der Waals surface area contributed by atoms with Gasteiger partial charge in [-0.15, -0.1) is 0 Å². The van der Waals surface area contributed by atoms with Crippen LogP contribution in [0.3, 0.4) is 0 Å². The van der Waals surface area contributed by atoms with E-state index in [0.29, 0.717) is 12.5 Å². The van der Waals surface area contributed by atoms with Gasteiger partial charge in [-0.25, -0.2) is 0 Å². The fraction of sp³-hybridized carbons (Fsp3) is 0.833. The van der Waals surface area contributed by atoms with Crippen LogP contribution in [0.25, 0.3) is 0 Å². The molecule has 0 aliphatic heterocycles. The van der Waals surface area contributed by atoms with E-state index in [0.717, 1.165) is 6.42 Å². The van der Waals surface area contributed by atoms with Crippen LogP contribution in [0.2, 0.25) is 0 Å². The number of alkyl carbamates (subject to hydrolysis) is 1. The Morgan fingerprint density at radius 3 is 2.47 bits per heavy atom. The van der Waals surface area contributed by atoms with Crippen LogP contribution in [0.4, 0.5) is 4.79 Å². The summed E-state index contributed by atoms with van der Waals surface area (Å²) in [4.78, 5) is 15.6. The number of carbonyl (C=O) groups excluding carboxylic acids is 1. The molecule has 1 N–H and O–H groups in total. The Bertz CT molecular complexity index is 291. The zero-order valence-corrected chi connectivity index (χ0v) is 13.0. The second-order valence-corrected chi connectivity index (χ2v) is 5.79. The van der Waals surface area contributed by atoms with Crippen LogP contribution < -0.4 is 5.32 Å². The number of nitrogens with one attached hydrogen (secondary N) is 1. The molecule has 0 rings (SSSR count). The summed E-state index contributed by atoms with van der Waals surface area (Å²) >= 11 is 2.58. The second-order valence-electron chi connectivity index (χ2n) is 5.40. The van der Waals surface area contributed by atoms with E-state index in [4.69, 9.17) is 4.74 Å². The quantitative estimate of drug-likeness (QED) is 0.624. The molecule has 0 aliphatic rings. The van der Waals surface area contributed by atoms with Crippen molar-refractivity contribution in [1.29, 1.82) is 0 Å². The summed E-state index contributed by atoms with van der Waals surface area (Å²) in [7, 11) is 0. The Morgan fingerprint density at radius 2 is 2.06 bits per heavy atom. The molecule has 0 bridgehead atoms. The molecule has 0 aromatic carbocycles. The van der Waals surface area contributed by atoms with Gasteiger partial charge in [0.05, 0.1) is 0 Å². The molecule has 0 fully saturated rings. The maximum absolute atomic E-state index is 11.6. The first kappa shape index (κ1) is 16.4. The van der Waals surface area contributed by atoms with Gasteiger partial charge in [0.2, 0.25) is 0 Å². The van der Waals surface area contributed by atoms with Gasteiger partial charge in [-0.2, -0.15) is 0 Å². The SMILES string of the molecule is CC(C)C[C@@H](CN=C=[Se])NC(=O)OC(C)(C)C. The second kappa shape index (κ2) is 7.65. The molecule has 0 saturated carbocycles. The van der Waals surface area contributed by atoms with E-state index >= 15 is 0 Å². The van der Waals surface area contributed by atoms with Crippen molar-refractivity contribution < 1.29 is 9.53 Å². The number of hydrogen-bond acceptors (Lipinski definition) is 3. The van der Waals surface area contributed by atoms with Crippen molar-refractivity contribution in [3.63, 3.8) is 0 Å². The molecule has 0 aromatic rings. The van der Waals surface area contributed by atoms with Gasteiger partial charge in [-0.05, 0) is 0 Å². The standard InChI is InChI=1S/C12H22N2O2Se/c1-9(2)6-10(7-13-8-17)14-11(15)16-12(3,4)5/h9-10H,6-7H2,1-5H3,(H,14,15)/t10-/m0/s1. The van der Waals surface area contributed by atoms with Gasteiger partial charge < -0.3 is 0 Å². The average molecular weight is 305 g/mol. The molecule has 0 unspecified atom stereocenters. The molecule has 0 saturated heterocycles. The van der Waals surface area contributed by atoms with Crippen LogP contribution in [0.15, 0.2) is 4.99 Å². The summed E-state index contributed by atoms with van der Waals surface area (Å²) in [5, 5.41) is 2.83. The van der Waals surface area contributed by atoms with Crippen LogP contribution in [0.1, 0.15) is 41.0 Å². The van der Waals surface area contributed by atoms with Crippen molar-refractivity contribution >= 4 is 26.4 Å². The fourth-order valence-electron chi connectivity index (χ4n) is 1.37. The molecule has 17 heavy (non-hydrogen) atoms. The first-order valence-corrected chi connectivity index (χ1v) is 6.63. The molecule has 0 aromatic heterocycles. The summed E-state index contributed by atoms with van der Waals surface area (Å²) in [5.41, 5.74) is -0.472. The van der Waals surface area contributed by atoms with Crippen molar-refractivity contribution in [3.8, 4) is 0 Å². The van der Waals surface area contributed by atoms with E-state index in [-0.39, 0.29) is 6.04 Å². The number of aliphatic imine (C=N–C) groups is 1. The minimum atomic E-state index is -0.472. The van der Waals surface area contributed by atoms with Crippen molar-refractivity contribution in [2.24, 2.45) is 10.9 Å². The van der Waals surface area contributed by atoms with Crippen molar-refractivity contribution in [1.82, 2.24) is 5.32 Å². The van der Waals surface area contributed by atoms with E-state index in [1.54, 1.807) is 0 Å². The molecular formula is C12H22N2O2Se. The predicted molar refractivity (Wildman–Crippen MR) is 70.7 cm³/mol. The first-order chi connectivity index (χ1) is 7.74. The molecule has 0 aliphatic carbocycles. The van der Waals surface area contributed by atoms with Gasteiger partial charge >= 0.3 is 111 Å². The Labute approximate surface area is 112 Å². The summed E-state index contributed by atoms with van der Waals surface area (Å²) in [5.74, 6) is 0.492. The molecule has 0 radical (unpaired) electrons. The van der Waals surface area contributed by atoms with Crippen molar-refractivity contribution in [2.45, 2.75) is 52.7 Å². The molecule has 0 spiro atoms. The summed E-state index contributed by atoms with van der Waals surface area (Å²) in [6.45, 7) is 10.3. The molecule has 98 valence electrons. The number of nitrogens with zero attached hydrogens (tertiary/aromatic N) is 1. The number of amides is 1. The Morgan fingerprint density at radius 1 is 1.47 bits per heavy atom. The summed E-state index contributed by atoms with van der Waals surface area (Å²) < 4.78 is 7.81. The molecule has 1 amide bonds. The number of hydrogen-bond donors (Lipinski definition) is 1. The monoisotopic (exact) mass is 306 g/mol. The molecular weight excluding hydrogens is 283 g/mol. The third-order valence-corrected chi connectivity index (χ3v) is 2.12. The minimum absolute atomic E-state index is 0.00861. The van der Waals surface area contributed by atoms with Gasteiger partial charge in [0.25, 0.3) is 0 Å². The fourth-order valence-corrected chi connectivity index (χ4v) is 1.53. The molecule has 5 heteroatoms. The van der Waals surface area contributed by atoms with Crippen LogP contribution in [-0.2, 0) is 4.74 Å². The number of carbonyl (C=O) groups is 1. The predicted octanol–water partition coefficient (Wildman–Crippen LogP) is 2.00. The Balaban J connectivity index is 4.31. The van der Waals surface area contributed by atoms with Gasteiger partial charge in [0.15, 0.2) is 0 Å². The van der Waals surface area contributed by atoms with Crippen LogP contribution >= 0.6 is 0 Å². The van der Waals surface area contributed by atoms with Gasteiger partial charge in [0.1, 0.15) is 0 Å². The van der Waals surface area contributed by atoms with Crippen molar-refractivity contribution in [3.05, 3.63) is 0 Å². The third kappa shape index (κ3) is 10.3. The summed E-state index contributed by atoms with van der Waals surface area (Å²) in [6, 6.07) is -0.00861. The van der Waals surface area contributed by atoms with E-state index in [9.17, 15) is 4.79 Å². The maximum atomic E-state index is 11.6. The Hall–Kier alpha value is -0.631. The van der Waals surface area contributed by atoms with E-state index in [1.165, 1.54) is 0 Å². The van der Waals surface area contributed by atoms with E-state index in [1.807, 2.05) is 20.8 Å². The van der Waals surface area contributed by atoms with Crippen LogP contribution in [0, 0.1) is 5.92 Å². The Kier molecular flexibility index (Phi) is 7.36. The van der Waals surface area contributed by atoms with Crippen LogP contribution in [0.5, 0.6) is 0 Å². The summed E-state index contributed by atoms with van der Waals surface area (Å²) in [6.07, 6.45) is 0.475. The van der Waals surface area contributed by atoms with Gasteiger partial charge in [-0.3, -0.25) is 0 Å². The first-order valence-electron chi connectivity index (χ1n) is 5.77. The van der Waals surface area contributed by atoms with E-state index < -0.39 is 11.7 Å². The molecule has 1 atom stereocenters. The number of rotatable bonds is 5. The van der Waals surface area contributed by atoms with Gasteiger partial charge in [-0.1, -0.05) is 0 Å². The molecule has 4 nitrogen and oxygen atoms in total. The normalized spacial score (nSPS) is 12.8. The van der Waals surface area contributed by atoms with E-state index in [2.05, 4.69) is 44.4 Å². The third-order valence-electron chi connectivity index (χ3n) is 1.85. The number of ether oxygens (including phenoxy) is 1.